The number of aliphatic hydroxyl groups excluding tert-OH is 1. The van der Waals surface area contributed by atoms with Gasteiger partial charge in [0.05, 0.1) is 0 Å². The molecule has 0 aromatic heterocycles. The smallest absolute Gasteiger partial charge is 0.222 e. The Balaban J connectivity index is 3.47. The number of nitrogens with two attached hydrogens (primary N) is 1. The maximum Gasteiger partial charge on any atom is 0.222 e. The molecule has 1 amide bonds. The highest BCUT2D eigenvalue weighted by atomic mass is 16.3. The first-order valence-corrected chi connectivity index (χ1v) is 3.81. The first kappa shape index (κ1) is 10.4. The lowest BCUT2D eigenvalue weighted by Crippen LogP contribution is -2.33. The zero-order valence-corrected chi connectivity index (χ0v) is 6.84. The predicted octanol–water partition coefficient (Wildman–Crippen LogP) is -0.920. The van der Waals surface area contributed by atoms with Crippen molar-refractivity contribution >= 4 is 5.91 Å². The molecule has 0 aromatic rings. The summed E-state index contributed by atoms with van der Waals surface area (Å²) in [5, 5.41) is 11.1. The molecule has 0 radical (unpaired) electrons. The highest BCUT2D eigenvalue weighted by Crippen LogP contribution is 1.99. The minimum absolute atomic E-state index is 0.0375. The number of hydrogen-bond donors (Lipinski definition) is 3. The van der Waals surface area contributed by atoms with E-state index in [2.05, 4.69) is 5.32 Å². The second-order valence-corrected chi connectivity index (χ2v) is 2.49. The van der Waals surface area contributed by atoms with E-state index in [1.165, 1.54) is 0 Å². The standard InChI is InChI=1S/C7H16N2O2/c1-6(2-5-10)7(11)9-4-3-8/h6,10H,2-5,8H2,1H3,(H,9,11). The second-order valence-electron chi connectivity index (χ2n) is 2.49. The number of aliphatic hydroxyl groups is 1. The molecule has 4 heteroatoms. The van der Waals surface area contributed by atoms with Crippen LogP contribution < -0.4 is 11.1 Å². The second kappa shape index (κ2) is 6.12. The van der Waals surface area contributed by atoms with Crippen LogP contribution in [0.25, 0.3) is 0 Å². The van der Waals surface area contributed by atoms with Crippen LogP contribution in [0.4, 0.5) is 0 Å². The van der Waals surface area contributed by atoms with Crippen molar-refractivity contribution in [2.45, 2.75) is 13.3 Å². The first-order valence-electron chi connectivity index (χ1n) is 3.81. The van der Waals surface area contributed by atoms with Crippen LogP contribution >= 0.6 is 0 Å². The average molecular weight is 160 g/mol. The van der Waals surface area contributed by atoms with Crippen LogP contribution in [0.3, 0.4) is 0 Å². The molecule has 1 atom stereocenters. The minimum Gasteiger partial charge on any atom is -0.396 e. The lowest BCUT2D eigenvalue weighted by molar-refractivity contribution is -0.124. The third kappa shape index (κ3) is 4.75. The zero-order valence-electron chi connectivity index (χ0n) is 6.84. The molecule has 0 saturated heterocycles. The molecule has 0 fully saturated rings. The Morgan fingerprint density at radius 2 is 2.36 bits per heavy atom. The van der Waals surface area contributed by atoms with Gasteiger partial charge in [0.2, 0.25) is 5.91 Å². The molecule has 4 nitrogen and oxygen atoms in total. The van der Waals surface area contributed by atoms with Gasteiger partial charge in [-0.15, -0.1) is 0 Å². The van der Waals surface area contributed by atoms with Crippen LogP contribution in [0, 0.1) is 5.92 Å². The van der Waals surface area contributed by atoms with E-state index in [9.17, 15) is 4.79 Å². The van der Waals surface area contributed by atoms with Gasteiger partial charge in [-0.2, -0.15) is 0 Å². The van der Waals surface area contributed by atoms with E-state index >= 15 is 0 Å². The van der Waals surface area contributed by atoms with Crippen molar-refractivity contribution in [1.29, 1.82) is 0 Å². The fourth-order valence-electron chi connectivity index (χ4n) is 0.694. The Bertz CT molecular complexity index is 117. The summed E-state index contributed by atoms with van der Waals surface area (Å²) in [5.41, 5.74) is 5.19. The molecule has 4 N–H and O–H groups in total. The van der Waals surface area contributed by atoms with E-state index < -0.39 is 0 Å². The third-order valence-electron chi connectivity index (χ3n) is 1.45. The van der Waals surface area contributed by atoms with Crippen LogP contribution in [0.2, 0.25) is 0 Å². The summed E-state index contributed by atoms with van der Waals surface area (Å²) >= 11 is 0. The topological polar surface area (TPSA) is 75.3 Å². The molecule has 0 aliphatic carbocycles. The molecular weight excluding hydrogens is 144 g/mol. The quantitative estimate of drug-likeness (QED) is 0.487. The molecule has 11 heavy (non-hydrogen) atoms. The Morgan fingerprint density at radius 3 is 2.82 bits per heavy atom. The maximum absolute atomic E-state index is 11.0. The van der Waals surface area contributed by atoms with Gasteiger partial charge in [0.15, 0.2) is 0 Å². The molecule has 66 valence electrons. The van der Waals surface area contributed by atoms with Crippen molar-refractivity contribution in [3.8, 4) is 0 Å². The number of carbonyl (C=O) groups is 1. The molecule has 0 spiro atoms. The molecule has 1 unspecified atom stereocenters. The Hall–Kier alpha value is -0.610. The molecule has 0 aliphatic rings. The van der Waals surface area contributed by atoms with Crippen molar-refractivity contribution < 1.29 is 9.90 Å². The van der Waals surface area contributed by atoms with Crippen LogP contribution in [-0.4, -0.2) is 30.7 Å². The molecule has 0 rings (SSSR count). The van der Waals surface area contributed by atoms with Crippen LogP contribution in [-0.2, 0) is 4.79 Å². The summed E-state index contributed by atoms with van der Waals surface area (Å²) in [6.07, 6.45) is 0.510. The monoisotopic (exact) mass is 160 g/mol. The summed E-state index contributed by atoms with van der Waals surface area (Å²) in [6, 6.07) is 0. The lowest BCUT2D eigenvalue weighted by atomic mass is 10.1. The number of hydrogen-bond acceptors (Lipinski definition) is 3. The van der Waals surface area contributed by atoms with Gasteiger partial charge >= 0.3 is 0 Å². The minimum atomic E-state index is -0.119. The fraction of sp³-hybridized carbons (Fsp3) is 0.857. The van der Waals surface area contributed by atoms with Gasteiger partial charge in [0.1, 0.15) is 0 Å². The molecule has 0 aromatic carbocycles. The Labute approximate surface area is 66.8 Å². The molecule has 0 heterocycles. The average Bonchev–Trinajstić information content (AvgIpc) is 2.00. The lowest BCUT2D eigenvalue weighted by Gasteiger charge is -2.09. The van der Waals surface area contributed by atoms with E-state index in [-0.39, 0.29) is 18.4 Å². The van der Waals surface area contributed by atoms with Gasteiger partial charge in [0.25, 0.3) is 0 Å². The third-order valence-corrected chi connectivity index (χ3v) is 1.45. The van der Waals surface area contributed by atoms with Gasteiger partial charge in [-0.1, -0.05) is 6.92 Å². The SMILES string of the molecule is CC(CCO)C(=O)NCCN. The maximum atomic E-state index is 11.0. The molecule has 0 saturated carbocycles. The van der Waals surface area contributed by atoms with Crippen LogP contribution in [0.5, 0.6) is 0 Å². The van der Waals surface area contributed by atoms with Gasteiger partial charge < -0.3 is 16.2 Å². The highest BCUT2D eigenvalue weighted by molar-refractivity contribution is 5.78. The van der Waals surface area contributed by atoms with E-state index in [4.69, 9.17) is 10.8 Å². The first-order chi connectivity index (χ1) is 5.22. The van der Waals surface area contributed by atoms with Crippen molar-refractivity contribution in [3.05, 3.63) is 0 Å². The molecule has 0 bridgehead atoms. The van der Waals surface area contributed by atoms with Crippen LogP contribution in [0.1, 0.15) is 13.3 Å². The normalized spacial score (nSPS) is 12.6. The summed E-state index contributed by atoms with van der Waals surface area (Å²) in [6.45, 7) is 2.80. The zero-order chi connectivity index (χ0) is 8.69. The summed E-state index contributed by atoms with van der Waals surface area (Å²) < 4.78 is 0. The van der Waals surface area contributed by atoms with Crippen molar-refractivity contribution in [1.82, 2.24) is 5.32 Å². The van der Waals surface area contributed by atoms with E-state index in [0.717, 1.165) is 0 Å². The van der Waals surface area contributed by atoms with E-state index in [1.54, 1.807) is 6.92 Å². The Morgan fingerprint density at radius 1 is 1.73 bits per heavy atom. The number of carbonyl (C=O) groups excluding carboxylic acids is 1. The van der Waals surface area contributed by atoms with Gasteiger partial charge in [-0.25, -0.2) is 0 Å². The van der Waals surface area contributed by atoms with Gasteiger partial charge in [-0.3, -0.25) is 4.79 Å². The van der Waals surface area contributed by atoms with Crippen molar-refractivity contribution in [2.24, 2.45) is 11.7 Å². The number of nitrogens with one attached hydrogen (secondary N) is 1. The predicted molar refractivity (Wildman–Crippen MR) is 42.9 cm³/mol. The number of amides is 1. The summed E-state index contributed by atoms with van der Waals surface area (Å²) in [7, 11) is 0. The summed E-state index contributed by atoms with van der Waals surface area (Å²) in [5.74, 6) is -0.156. The molecule has 0 aliphatic heterocycles. The van der Waals surface area contributed by atoms with Gasteiger partial charge in [0, 0.05) is 25.6 Å². The largest absolute Gasteiger partial charge is 0.396 e. The van der Waals surface area contributed by atoms with Crippen molar-refractivity contribution in [3.63, 3.8) is 0 Å². The van der Waals surface area contributed by atoms with E-state index in [0.29, 0.717) is 19.5 Å². The number of rotatable bonds is 5. The van der Waals surface area contributed by atoms with E-state index in [1.807, 2.05) is 0 Å². The van der Waals surface area contributed by atoms with Crippen molar-refractivity contribution in [2.75, 3.05) is 19.7 Å². The highest BCUT2D eigenvalue weighted by Gasteiger charge is 2.09. The Kier molecular flexibility index (Phi) is 5.78. The fourth-order valence-corrected chi connectivity index (χ4v) is 0.694. The van der Waals surface area contributed by atoms with Gasteiger partial charge in [-0.05, 0) is 6.42 Å². The summed E-state index contributed by atoms with van der Waals surface area (Å²) in [4.78, 5) is 11.0. The molecular formula is C7H16N2O2. The van der Waals surface area contributed by atoms with Crippen LogP contribution in [0.15, 0.2) is 0 Å².